The summed E-state index contributed by atoms with van der Waals surface area (Å²) < 4.78 is 26.3. The van der Waals surface area contributed by atoms with Crippen LogP contribution in [-0.4, -0.2) is 23.0 Å². The predicted molar refractivity (Wildman–Crippen MR) is 62.8 cm³/mol. The first-order valence-corrected chi connectivity index (χ1v) is 6.13. The third kappa shape index (κ3) is 3.38. The van der Waals surface area contributed by atoms with Crippen molar-refractivity contribution in [1.29, 1.82) is 0 Å². The molecule has 0 N–H and O–H groups in total. The smallest absolute Gasteiger partial charge is 0.306 e. The van der Waals surface area contributed by atoms with Gasteiger partial charge in [-0.3, -0.25) is 4.18 Å². The minimum absolute atomic E-state index is 0.259. The molecule has 90 valence electrons. The van der Waals surface area contributed by atoms with E-state index in [0.29, 0.717) is 6.61 Å². The Hall–Kier alpha value is -1.19. The van der Waals surface area contributed by atoms with Crippen molar-refractivity contribution < 1.29 is 17.3 Å². The third-order valence-electron chi connectivity index (χ3n) is 2.28. The summed E-state index contributed by atoms with van der Waals surface area (Å²) in [5.74, 6) is 2.37. The zero-order valence-corrected chi connectivity index (χ0v) is 9.89. The van der Waals surface area contributed by atoms with E-state index in [0.717, 1.165) is 5.56 Å². The summed E-state index contributed by atoms with van der Waals surface area (Å²) in [6.07, 6.45) is 4.15. The molecule has 1 heterocycles. The van der Waals surface area contributed by atoms with Gasteiger partial charge in [-0.1, -0.05) is 36.3 Å². The zero-order chi connectivity index (χ0) is 12.1. The van der Waals surface area contributed by atoms with Gasteiger partial charge in [0.05, 0.1) is 13.2 Å². The minimum Gasteiger partial charge on any atom is -0.374 e. The first-order chi connectivity index (χ1) is 8.29. The fourth-order valence-electron chi connectivity index (χ4n) is 1.44. The predicted octanol–water partition coefficient (Wildman–Crippen LogP) is 1.20. The summed E-state index contributed by atoms with van der Waals surface area (Å²) in [4.78, 5) is 0. The average molecular weight is 252 g/mol. The van der Waals surface area contributed by atoms with Crippen LogP contribution in [0.25, 0.3) is 0 Å². The number of rotatable bonds is 4. The second-order valence-corrected chi connectivity index (χ2v) is 4.32. The van der Waals surface area contributed by atoms with Crippen LogP contribution in [0.2, 0.25) is 0 Å². The van der Waals surface area contributed by atoms with E-state index in [9.17, 15) is 4.21 Å². The van der Waals surface area contributed by atoms with E-state index in [-0.39, 0.29) is 6.61 Å². The van der Waals surface area contributed by atoms with Crippen LogP contribution in [0.1, 0.15) is 5.56 Å². The van der Waals surface area contributed by atoms with Gasteiger partial charge < -0.3 is 4.74 Å². The Morgan fingerprint density at radius 2 is 2.12 bits per heavy atom. The molecule has 0 spiro atoms. The topological polar surface area (TPSA) is 44.8 Å². The van der Waals surface area contributed by atoms with E-state index in [1.165, 1.54) is 0 Å². The van der Waals surface area contributed by atoms with Gasteiger partial charge in [-0.25, -0.2) is 4.18 Å². The van der Waals surface area contributed by atoms with Crippen LogP contribution >= 0.6 is 0 Å². The minimum atomic E-state index is -1.75. The summed E-state index contributed by atoms with van der Waals surface area (Å²) in [6.45, 7) is 0.722. The van der Waals surface area contributed by atoms with Crippen LogP contribution in [0.5, 0.6) is 0 Å². The number of ether oxygens (including phenoxy) is 1. The molecule has 1 aliphatic heterocycles. The lowest BCUT2D eigenvalue weighted by Gasteiger charge is -2.10. The molecule has 4 nitrogen and oxygen atoms in total. The molecule has 1 saturated heterocycles. The van der Waals surface area contributed by atoms with Crippen LogP contribution in [0.15, 0.2) is 30.3 Å². The molecule has 0 bridgehead atoms. The third-order valence-corrected chi connectivity index (χ3v) is 3.05. The Morgan fingerprint density at radius 3 is 2.82 bits per heavy atom. The summed E-state index contributed by atoms with van der Waals surface area (Å²) in [6, 6.07) is 9.74. The van der Waals surface area contributed by atoms with Crippen LogP contribution in [-0.2, 0) is 31.1 Å². The Labute approximate surface area is 103 Å². The Balaban J connectivity index is 1.79. The highest BCUT2D eigenvalue weighted by Gasteiger charge is 2.33. The number of benzene rings is 1. The first-order valence-electron chi connectivity index (χ1n) is 5.13. The van der Waals surface area contributed by atoms with Gasteiger partial charge >= 0.3 is 11.4 Å². The molecular weight excluding hydrogens is 240 g/mol. The normalized spacial score (nSPS) is 27.8. The fourth-order valence-corrected chi connectivity index (χ4v) is 2.19. The van der Waals surface area contributed by atoms with Crippen LogP contribution in [0, 0.1) is 12.3 Å². The summed E-state index contributed by atoms with van der Waals surface area (Å²) in [5, 5.41) is 0. The molecule has 17 heavy (non-hydrogen) atoms. The van der Waals surface area contributed by atoms with Gasteiger partial charge in [-0.15, -0.1) is 6.42 Å². The van der Waals surface area contributed by atoms with E-state index in [1.54, 1.807) is 0 Å². The maximum absolute atomic E-state index is 11.0. The molecule has 0 radical (unpaired) electrons. The van der Waals surface area contributed by atoms with Gasteiger partial charge in [0.2, 0.25) is 0 Å². The quantitative estimate of drug-likeness (QED) is 0.755. The fraction of sp³-hybridized carbons (Fsp3) is 0.333. The highest BCUT2D eigenvalue weighted by atomic mass is 32.2. The molecule has 0 aromatic heterocycles. The van der Waals surface area contributed by atoms with Crippen molar-refractivity contribution in [1.82, 2.24) is 0 Å². The molecule has 1 fully saturated rings. The summed E-state index contributed by atoms with van der Waals surface area (Å²) in [7, 11) is 0. The Kier molecular flexibility index (Phi) is 4.29. The van der Waals surface area contributed by atoms with E-state index in [1.807, 2.05) is 30.3 Å². The molecular formula is C12H12O4S. The van der Waals surface area contributed by atoms with Gasteiger partial charge in [0.15, 0.2) is 6.10 Å². The Morgan fingerprint density at radius 1 is 1.35 bits per heavy atom. The second-order valence-electron chi connectivity index (χ2n) is 3.52. The molecule has 0 saturated carbocycles. The number of hydrogen-bond donors (Lipinski definition) is 0. The van der Waals surface area contributed by atoms with Crippen molar-refractivity contribution in [2.75, 3.05) is 6.61 Å². The highest BCUT2D eigenvalue weighted by Crippen LogP contribution is 2.17. The van der Waals surface area contributed by atoms with E-state index in [2.05, 4.69) is 5.92 Å². The molecule has 1 unspecified atom stereocenters. The first kappa shape index (κ1) is 12.3. The van der Waals surface area contributed by atoms with Crippen LogP contribution in [0.3, 0.4) is 0 Å². The molecule has 1 aromatic rings. The summed E-state index contributed by atoms with van der Waals surface area (Å²) >= 11 is -1.75. The van der Waals surface area contributed by atoms with Crippen molar-refractivity contribution in [3.8, 4) is 12.3 Å². The zero-order valence-electron chi connectivity index (χ0n) is 9.07. The number of terminal acetylenes is 1. The monoisotopic (exact) mass is 252 g/mol. The van der Waals surface area contributed by atoms with Crippen molar-refractivity contribution in [3.63, 3.8) is 0 Å². The lowest BCUT2D eigenvalue weighted by Crippen LogP contribution is -2.26. The SMILES string of the molecule is C#C[C@H]1OS(=O)O[C@@H]1COCc1ccccc1. The Bertz CT molecular complexity index is 426. The standard InChI is InChI=1S/C12H12O4S/c1-2-11-12(16-17(13)15-11)9-14-8-10-6-4-3-5-7-10/h1,3-7,11-12H,8-9H2/t11-,12-,17?/m1/s1. The maximum atomic E-state index is 11.0. The molecule has 5 heteroatoms. The van der Waals surface area contributed by atoms with Crippen molar-refractivity contribution in [3.05, 3.63) is 35.9 Å². The van der Waals surface area contributed by atoms with Crippen LogP contribution < -0.4 is 0 Å². The largest absolute Gasteiger partial charge is 0.374 e. The van der Waals surface area contributed by atoms with Crippen molar-refractivity contribution in [2.24, 2.45) is 0 Å². The highest BCUT2D eigenvalue weighted by molar-refractivity contribution is 7.75. The lowest BCUT2D eigenvalue weighted by molar-refractivity contribution is 0.0404. The molecule has 3 atom stereocenters. The average Bonchev–Trinajstić information content (AvgIpc) is 2.71. The van der Waals surface area contributed by atoms with Gasteiger partial charge in [0, 0.05) is 0 Å². The summed E-state index contributed by atoms with van der Waals surface area (Å²) in [5.41, 5.74) is 1.06. The van der Waals surface area contributed by atoms with Gasteiger partial charge in [0.1, 0.15) is 6.10 Å². The van der Waals surface area contributed by atoms with E-state index in [4.69, 9.17) is 19.5 Å². The molecule has 1 aromatic carbocycles. The molecule has 1 aliphatic rings. The molecule has 0 aliphatic carbocycles. The van der Waals surface area contributed by atoms with Gasteiger partial charge in [0.25, 0.3) is 0 Å². The van der Waals surface area contributed by atoms with Crippen molar-refractivity contribution in [2.45, 2.75) is 18.8 Å². The lowest BCUT2D eigenvalue weighted by atomic mass is 10.2. The molecule has 0 amide bonds. The van der Waals surface area contributed by atoms with Gasteiger partial charge in [-0.2, -0.15) is 4.21 Å². The van der Waals surface area contributed by atoms with E-state index >= 15 is 0 Å². The number of hydrogen-bond acceptors (Lipinski definition) is 4. The van der Waals surface area contributed by atoms with Crippen molar-refractivity contribution >= 4 is 11.4 Å². The van der Waals surface area contributed by atoms with E-state index < -0.39 is 23.6 Å². The van der Waals surface area contributed by atoms with Crippen LogP contribution in [0.4, 0.5) is 0 Å². The second kappa shape index (κ2) is 5.94. The van der Waals surface area contributed by atoms with Gasteiger partial charge in [-0.05, 0) is 5.56 Å². The maximum Gasteiger partial charge on any atom is 0.306 e. The molecule has 2 rings (SSSR count).